The second kappa shape index (κ2) is 3.15. The molecule has 0 aromatic heterocycles. The highest BCUT2D eigenvalue weighted by molar-refractivity contribution is 6.02. The number of benzene rings is 1. The van der Waals surface area contributed by atoms with Crippen molar-refractivity contribution in [2.75, 3.05) is 7.11 Å². The van der Waals surface area contributed by atoms with Crippen LogP contribution >= 0.6 is 0 Å². The molecule has 14 heavy (non-hydrogen) atoms. The molecular formula is C11H9NO2. The zero-order chi connectivity index (χ0) is 10.1. The second-order valence-corrected chi connectivity index (χ2v) is 3.23. The molecular weight excluding hydrogens is 178 g/mol. The topological polar surface area (TPSA) is 50.1 Å². The third kappa shape index (κ3) is 1.08. The molecule has 0 amide bonds. The van der Waals surface area contributed by atoms with Crippen LogP contribution in [0.4, 0.5) is 0 Å². The van der Waals surface area contributed by atoms with Gasteiger partial charge in [0.1, 0.15) is 5.75 Å². The molecule has 1 aliphatic rings. The van der Waals surface area contributed by atoms with E-state index in [1.807, 2.05) is 0 Å². The maximum Gasteiger partial charge on any atom is 0.164 e. The number of rotatable bonds is 1. The van der Waals surface area contributed by atoms with Gasteiger partial charge in [0.2, 0.25) is 0 Å². The quantitative estimate of drug-likeness (QED) is 0.674. The van der Waals surface area contributed by atoms with Crippen molar-refractivity contribution in [2.24, 2.45) is 0 Å². The van der Waals surface area contributed by atoms with E-state index < -0.39 is 0 Å². The summed E-state index contributed by atoms with van der Waals surface area (Å²) in [7, 11) is 1.55. The Labute approximate surface area is 81.9 Å². The van der Waals surface area contributed by atoms with Crippen LogP contribution in [-0.4, -0.2) is 12.9 Å². The van der Waals surface area contributed by atoms with Gasteiger partial charge in [0.05, 0.1) is 19.1 Å². The molecule has 1 aromatic carbocycles. The summed E-state index contributed by atoms with van der Waals surface area (Å²) in [6.07, 6.45) is 0.284. The van der Waals surface area contributed by atoms with Gasteiger partial charge in [-0.05, 0) is 6.07 Å². The highest BCUT2D eigenvalue weighted by atomic mass is 16.5. The van der Waals surface area contributed by atoms with Crippen LogP contribution in [-0.2, 0) is 0 Å². The van der Waals surface area contributed by atoms with Gasteiger partial charge in [0.15, 0.2) is 5.78 Å². The lowest BCUT2D eigenvalue weighted by atomic mass is 10.0. The zero-order valence-electron chi connectivity index (χ0n) is 7.78. The smallest absolute Gasteiger partial charge is 0.164 e. The minimum atomic E-state index is -0.339. The van der Waals surface area contributed by atoms with Crippen LogP contribution in [0.3, 0.4) is 0 Å². The van der Waals surface area contributed by atoms with E-state index in [-0.39, 0.29) is 18.1 Å². The minimum Gasteiger partial charge on any atom is -0.496 e. The summed E-state index contributed by atoms with van der Waals surface area (Å²) in [4.78, 5) is 11.5. The highest BCUT2D eigenvalue weighted by Gasteiger charge is 2.31. The number of ether oxygens (including phenoxy) is 1. The minimum absolute atomic E-state index is 0.0328. The molecule has 2 rings (SSSR count). The van der Waals surface area contributed by atoms with Crippen molar-refractivity contribution < 1.29 is 9.53 Å². The van der Waals surface area contributed by atoms with Crippen molar-refractivity contribution in [1.82, 2.24) is 0 Å². The molecule has 0 bridgehead atoms. The summed E-state index contributed by atoms with van der Waals surface area (Å²) in [6, 6.07) is 7.42. The summed E-state index contributed by atoms with van der Waals surface area (Å²) in [5, 5.41) is 8.89. The number of nitriles is 1. The number of ketones is 1. The van der Waals surface area contributed by atoms with Crippen molar-refractivity contribution in [3.63, 3.8) is 0 Å². The van der Waals surface area contributed by atoms with E-state index in [1.54, 1.807) is 25.3 Å². The maximum absolute atomic E-state index is 11.5. The monoisotopic (exact) mass is 187 g/mol. The number of hydrogen-bond acceptors (Lipinski definition) is 3. The van der Waals surface area contributed by atoms with E-state index in [0.717, 1.165) is 5.56 Å². The molecule has 0 heterocycles. The first-order valence-electron chi connectivity index (χ1n) is 4.37. The second-order valence-electron chi connectivity index (χ2n) is 3.23. The number of Topliss-reactive ketones (excluding diaryl/α,β-unsaturated/α-hetero) is 1. The number of nitrogens with zero attached hydrogens (tertiary/aromatic N) is 1. The van der Waals surface area contributed by atoms with E-state index in [1.165, 1.54) is 0 Å². The van der Waals surface area contributed by atoms with Crippen LogP contribution in [0, 0.1) is 11.3 Å². The first-order valence-corrected chi connectivity index (χ1v) is 4.37. The lowest BCUT2D eigenvalue weighted by Gasteiger charge is -2.07. The van der Waals surface area contributed by atoms with Crippen molar-refractivity contribution in [1.29, 1.82) is 5.26 Å². The number of carbonyl (C=O) groups excluding carboxylic acids is 1. The first-order chi connectivity index (χ1) is 6.77. The number of hydrogen-bond donors (Lipinski definition) is 0. The van der Waals surface area contributed by atoms with Crippen LogP contribution < -0.4 is 4.74 Å². The Balaban J connectivity index is 2.63. The molecule has 0 aliphatic heterocycles. The lowest BCUT2D eigenvalue weighted by molar-refractivity contribution is 0.0992. The summed E-state index contributed by atoms with van der Waals surface area (Å²) in [6.45, 7) is 0. The van der Waals surface area contributed by atoms with E-state index in [4.69, 9.17) is 10.00 Å². The molecule has 1 unspecified atom stereocenters. The maximum atomic E-state index is 11.5. The molecule has 0 fully saturated rings. The predicted octanol–water partition coefficient (Wildman–Crippen LogP) is 1.89. The molecule has 0 radical (unpaired) electrons. The Morgan fingerprint density at radius 2 is 2.36 bits per heavy atom. The predicted molar refractivity (Wildman–Crippen MR) is 50.3 cm³/mol. The molecule has 0 N–H and O–H groups in total. The van der Waals surface area contributed by atoms with Crippen LogP contribution in [0.1, 0.15) is 28.3 Å². The largest absolute Gasteiger partial charge is 0.496 e. The third-order valence-corrected chi connectivity index (χ3v) is 2.48. The lowest BCUT2D eigenvalue weighted by Crippen LogP contribution is -1.94. The molecule has 3 heteroatoms. The number of fused-ring (bicyclic) bond motifs is 1. The van der Waals surface area contributed by atoms with E-state index in [0.29, 0.717) is 11.3 Å². The van der Waals surface area contributed by atoms with Gasteiger partial charge in [-0.25, -0.2) is 0 Å². The standard InChI is InChI=1S/C11H9NO2/c1-14-10-4-2-3-8-9(13)5-7(6-12)11(8)10/h2-4,7H,5H2,1H3. The molecule has 3 nitrogen and oxygen atoms in total. The average Bonchev–Trinajstić information content (AvgIpc) is 2.56. The van der Waals surface area contributed by atoms with Crippen molar-refractivity contribution in [3.8, 4) is 11.8 Å². The van der Waals surface area contributed by atoms with Gasteiger partial charge in [0, 0.05) is 17.5 Å². The fourth-order valence-electron chi connectivity index (χ4n) is 1.83. The number of methoxy groups -OCH3 is 1. The molecule has 0 saturated heterocycles. The normalized spacial score (nSPS) is 18.9. The van der Waals surface area contributed by atoms with Gasteiger partial charge in [-0.15, -0.1) is 0 Å². The molecule has 1 aliphatic carbocycles. The summed E-state index contributed by atoms with van der Waals surface area (Å²) >= 11 is 0. The molecule has 70 valence electrons. The van der Waals surface area contributed by atoms with Crippen molar-refractivity contribution >= 4 is 5.78 Å². The molecule has 1 atom stereocenters. The fourth-order valence-corrected chi connectivity index (χ4v) is 1.83. The van der Waals surface area contributed by atoms with Crippen LogP contribution in [0.5, 0.6) is 5.75 Å². The zero-order valence-corrected chi connectivity index (χ0v) is 7.78. The van der Waals surface area contributed by atoms with Gasteiger partial charge in [-0.3, -0.25) is 4.79 Å². The fraction of sp³-hybridized carbons (Fsp3) is 0.273. The summed E-state index contributed by atoms with van der Waals surface area (Å²) < 4.78 is 5.13. The third-order valence-electron chi connectivity index (χ3n) is 2.48. The Morgan fingerprint density at radius 3 is 3.00 bits per heavy atom. The SMILES string of the molecule is COc1cccc2c1C(C#N)CC2=O. The Bertz CT molecular complexity index is 431. The van der Waals surface area contributed by atoms with Crippen LogP contribution in [0.2, 0.25) is 0 Å². The first kappa shape index (κ1) is 8.76. The van der Waals surface area contributed by atoms with Gasteiger partial charge >= 0.3 is 0 Å². The molecule has 0 saturated carbocycles. The van der Waals surface area contributed by atoms with E-state index in [2.05, 4.69) is 6.07 Å². The van der Waals surface area contributed by atoms with Gasteiger partial charge in [0.25, 0.3) is 0 Å². The van der Waals surface area contributed by atoms with Crippen molar-refractivity contribution in [2.45, 2.75) is 12.3 Å². The van der Waals surface area contributed by atoms with E-state index >= 15 is 0 Å². The van der Waals surface area contributed by atoms with Crippen LogP contribution in [0.25, 0.3) is 0 Å². The highest BCUT2D eigenvalue weighted by Crippen LogP contribution is 2.38. The molecule has 1 aromatic rings. The van der Waals surface area contributed by atoms with Gasteiger partial charge in [-0.2, -0.15) is 5.26 Å². The van der Waals surface area contributed by atoms with Crippen LogP contribution in [0.15, 0.2) is 18.2 Å². The Hall–Kier alpha value is -1.82. The summed E-state index contributed by atoms with van der Waals surface area (Å²) in [5.74, 6) is 0.332. The number of carbonyl (C=O) groups is 1. The average molecular weight is 187 g/mol. The summed E-state index contributed by atoms with van der Waals surface area (Å²) in [5.41, 5.74) is 1.39. The van der Waals surface area contributed by atoms with Crippen molar-refractivity contribution in [3.05, 3.63) is 29.3 Å². The Kier molecular flexibility index (Phi) is 1.97. The van der Waals surface area contributed by atoms with Gasteiger partial charge < -0.3 is 4.74 Å². The van der Waals surface area contributed by atoms with E-state index in [9.17, 15) is 4.79 Å². The molecule has 0 spiro atoms. The van der Waals surface area contributed by atoms with Gasteiger partial charge in [-0.1, -0.05) is 12.1 Å². The Morgan fingerprint density at radius 1 is 1.57 bits per heavy atom.